The van der Waals surface area contributed by atoms with Crippen molar-refractivity contribution in [1.82, 2.24) is 14.9 Å². The summed E-state index contributed by atoms with van der Waals surface area (Å²) in [6.45, 7) is 0.340. The Hall–Kier alpha value is -2.29. The maximum Gasteiger partial charge on any atom is 0.214 e. The van der Waals surface area contributed by atoms with E-state index in [4.69, 9.17) is 44.9 Å². The second kappa shape index (κ2) is 8.60. The number of aromatic nitrogens is 3. The SMILES string of the molecule is COc1cc(CNn2cn[nH]c2=S)cc(Cl)c1OCc1c(F)cccc1Cl. The summed E-state index contributed by atoms with van der Waals surface area (Å²) in [4.78, 5) is 0. The van der Waals surface area contributed by atoms with E-state index in [-0.39, 0.29) is 17.2 Å². The fourth-order valence-corrected chi connectivity index (χ4v) is 3.04. The topological polar surface area (TPSA) is 64.1 Å². The number of aromatic amines is 1. The molecule has 0 atom stereocenters. The highest BCUT2D eigenvalue weighted by molar-refractivity contribution is 7.71. The largest absolute Gasteiger partial charge is 0.493 e. The number of nitrogens with one attached hydrogen (secondary N) is 2. The lowest BCUT2D eigenvalue weighted by Gasteiger charge is -2.15. The van der Waals surface area contributed by atoms with Crippen molar-refractivity contribution in [1.29, 1.82) is 0 Å². The summed E-state index contributed by atoms with van der Waals surface area (Å²) in [6, 6.07) is 7.93. The van der Waals surface area contributed by atoms with Crippen LogP contribution in [-0.2, 0) is 13.2 Å². The molecule has 0 amide bonds. The molecule has 0 aliphatic rings. The van der Waals surface area contributed by atoms with Gasteiger partial charge in [-0.2, -0.15) is 5.10 Å². The van der Waals surface area contributed by atoms with Gasteiger partial charge in [0.05, 0.1) is 23.7 Å². The molecule has 0 spiro atoms. The van der Waals surface area contributed by atoms with E-state index in [1.807, 2.05) is 0 Å². The highest BCUT2D eigenvalue weighted by Crippen LogP contribution is 2.37. The number of hydrogen-bond acceptors (Lipinski definition) is 5. The molecule has 1 heterocycles. The van der Waals surface area contributed by atoms with Crippen LogP contribution in [0.1, 0.15) is 11.1 Å². The van der Waals surface area contributed by atoms with Gasteiger partial charge in [-0.05, 0) is 42.0 Å². The third kappa shape index (κ3) is 4.52. The third-order valence-corrected chi connectivity index (χ3v) is 4.64. The van der Waals surface area contributed by atoms with Crippen molar-refractivity contribution in [2.45, 2.75) is 13.2 Å². The van der Waals surface area contributed by atoms with E-state index in [9.17, 15) is 4.39 Å². The third-order valence-electron chi connectivity index (χ3n) is 3.72. The molecule has 0 saturated carbocycles. The summed E-state index contributed by atoms with van der Waals surface area (Å²) in [6.07, 6.45) is 1.52. The summed E-state index contributed by atoms with van der Waals surface area (Å²) < 4.78 is 27.0. The van der Waals surface area contributed by atoms with Gasteiger partial charge >= 0.3 is 0 Å². The lowest BCUT2D eigenvalue weighted by molar-refractivity contribution is 0.280. The van der Waals surface area contributed by atoms with Gasteiger partial charge in [0.25, 0.3) is 0 Å². The normalized spacial score (nSPS) is 10.7. The summed E-state index contributed by atoms with van der Waals surface area (Å²) in [5, 5.41) is 7.08. The van der Waals surface area contributed by atoms with Crippen LogP contribution in [0.15, 0.2) is 36.7 Å². The minimum atomic E-state index is -0.449. The highest BCUT2D eigenvalue weighted by atomic mass is 35.5. The van der Waals surface area contributed by atoms with Crippen molar-refractivity contribution < 1.29 is 13.9 Å². The second-order valence-electron chi connectivity index (χ2n) is 5.46. The molecule has 0 fully saturated rings. The van der Waals surface area contributed by atoms with E-state index in [1.165, 1.54) is 25.6 Å². The Balaban J connectivity index is 1.78. The van der Waals surface area contributed by atoms with Crippen LogP contribution >= 0.6 is 35.4 Å². The lowest BCUT2D eigenvalue weighted by Crippen LogP contribution is -2.13. The zero-order valence-corrected chi connectivity index (χ0v) is 16.5. The van der Waals surface area contributed by atoms with Crippen LogP contribution in [0.2, 0.25) is 10.0 Å². The number of rotatable bonds is 7. The molecule has 27 heavy (non-hydrogen) atoms. The van der Waals surface area contributed by atoms with Gasteiger partial charge in [-0.25, -0.2) is 9.07 Å². The first-order valence-electron chi connectivity index (χ1n) is 7.77. The molecular weight excluding hydrogens is 414 g/mol. The first kappa shape index (κ1) is 19.5. The molecule has 0 unspecified atom stereocenters. The van der Waals surface area contributed by atoms with Crippen LogP contribution in [0.4, 0.5) is 4.39 Å². The Morgan fingerprint density at radius 3 is 2.78 bits per heavy atom. The number of nitrogens with zero attached hydrogens (tertiary/aromatic N) is 2. The average Bonchev–Trinajstić information content (AvgIpc) is 3.05. The predicted molar refractivity (Wildman–Crippen MR) is 104 cm³/mol. The van der Waals surface area contributed by atoms with Gasteiger partial charge in [0, 0.05) is 5.56 Å². The summed E-state index contributed by atoms with van der Waals surface area (Å²) in [5.41, 5.74) is 4.15. The summed E-state index contributed by atoms with van der Waals surface area (Å²) >= 11 is 17.4. The molecule has 10 heteroatoms. The Bertz CT molecular complexity index is 989. The number of hydrogen-bond donors (Lipinski definition) is 2. The predicted octanol–water partition coefficient (Wildman–Crippen LogP) is 4.72. The van der Waals surface area contributed by atoms with Gasteiger partial charge in [-0.1, -0.05) is 29.3 Å². The van der Waals surface area contributed by atoms with Gasteiger partial charge in [0.1, 0.15) is 18.8 Å². The van der Waals surface area contributed by atoms with E-state index in [0.29, 0.717) is 27.8 Å². The second-order valence-corrected chi connectivity index (χ2v) is 6.67. The van der Waals surface area contributed by atoms with Crippen molar-refractivity contribution in [3.05, 3.63) is 68.4 Å². The van der Waals surface area contributed by atoms with Gasteiger partial charge in [-0.15, -0.1) is 0 Å². The van der Waals surface area contributed by atoms with Crippen LogP contribution in [0.3, 0.4) is 0 Å². The quantitative estimate of drug-likeness (QED) is 0.533. The number of halogens is 3. The molecule has 142 valence electrons. The smallest absolute Gasteiger partial charge is 0.214 e. The van der Waals surface area contributed by atoms with Crippen molar-refractivity contribution >= 4 is 35.4 Å². The van der Waals surface area contributed by atoms with Crippen LogP contribution in [0, 0.1) is 10.6 Å². The van der Waals surface area contributed by atoms with Gasteiger partial charge in [0.2, 0.25) is 4.77 Å². The standard InChI is InChI=1S/C17H15Cl2FN4O2S/c1-25-15-6-10(7-22-24-9-21-23-17(24)27)5-13(19)16(15)26-8-11-12(18)3-2-4-14(11)20/h2-6,9,22H,7-8H2,1H3,(H,23,27). The molecule has 0 bridgehead atoms. The average molecular weight is 429 g/mol. The Labute approximate surface area is 169 Å². The number of H-pyrrole nitrogens is 1. The maximum absolute atomic E-state index is 13.9. The molecule has 0 aliphatic carbocycles. The highest BCUT2D eigenvalue weighted by Gasteiger charge is 2.15. The molecule has 1 aromatic heterocycles. The molecule has 0 saturated heterocycles. The zero-order valence-electron chi connectivity index (χ0n) is 14.1. The van der Waals surface area contributed by atoms with Crippen molar-refractivity contribution in [2.24, 2.45) is 0 Å². The molecule has 3 aromatic rings. The Morgan fingerprint density at radius 2 is 2.11 bits per heavy atom. The van der Waals surface area contributed by atoms with Gasteiger partial charge in [-0.3, -0.25) is 5.10 Å². The fourth-order valence-electron chi connectivity index (χ4n) is 2.37. The van der Waals surface area contributed by atoms with Crippen LogP contribution in [0.25, 0.3) is 0 Å². The van der Waals surface area contributed by atoms with E-state index in [1.54, 1.807) is 22.9 Å². The van der Waals surface area contributed by atoms with Crippen molar-refractivity contribution in [2.75, 3.05) is 12.5 Å². The van der Waals surface area contributed by atoms with Crippen LogP contribution in [-0.4, -0.2) is 22.0 Å². The summed E-state index contributed by atoms with van der Waals surface area (Å²) in [5.74, 6) is 0.278. The van der Waals surface area contributed by atoms with Gasteiger partial charge < -0.3 is 14.9 Å². The number of benzene rings is 2. The molecule has 6 nitrogen and oxygen atoms in total. The first-order chi connectivity index (χ1) is 13.0. The first-order valence-corrected chi connectivity index (χ1v) is 8.94. The molecule has 0 radical (unpaired) electrons. The van der Waals surface area contributed by atoms with E-state index in [0.717, 1.165) is 5.56 Å². The lowest BCUT2D eigenvalue weighted by atomic mass is 10.2. The molecular formula is C17H15Cl2FN4O2S. The van der Waals surface area contributed by atoms with Gasteiger partial charge in [0.15, 0.2) is 11.5 Å². The minimum absolute atomic E-state index is 0.0800. The molecule has 2 aromatic carbocycles. The Morgan fingerprint density at radius 1 is 1.30 bits per heavy atom. The number of methoxy groups -OCH3 is 1. The minimum Gasteiger partial charge on any atom is -0.493 e. The summed E-state index contributed by atoms with van der Waals surface area (Å²) in [7, 11) is 1.50. The number of ether oxygens (including phenoxy) is 2. The maximum atomic E-state index is 13.9. The monoisotopic (exact) mass is 428 g/mol. The van der Waals surface area contributed by atoms with E-state index in [2.05, 4.69) is 15.6 Å². The zero-order chi connectivity index (χ0) is 19.4. The van der Waals surface area contributed by atoms with E-state index < -0.39 is 5.82 Å². The van der Waals surface area contributed by atoms with Crippen LogP contribution < -0.4 is 14.9 Å². The molecule has 2 N–H and O–H groups in total. The Kier molecular flexibility index (Phi) is 6.20. The van der Waals surface area contributed by atoms with Crippen molar-refractivity contribution in [3.8, 4) is 11.5 Å². The van der Waals surface area contributed by atoms with Crippen molar-refractivity contribution in [3.63, 3.8) is 0 Å². The fraction of sp³-hybridized carbons (Fsp3) is 0.176. The van der Waals surface area contributed by atoms with E-state index >= 15 is 0 Å². The van der Waals surface area contributed by atoms with Crippen LogP contribution in [0.5, 0.6) is 11.5 Å². The molecule has 0 aliphatic heterocycles. The molecule has 3 rings (SSSR count).